The van der Waals surface area contributed by atoms with Crippen molar-refractivity contribution in [3.63, 3.8) is 0 Å². The van der Waals surface area contributed by atoms with Gasteiger partial charge in [-0.05, 0) is 57.0 Å². The SMILES string of the molecule is CCOC(=O)CSCc1nc(NCCCOc2cccc(CN3CCCCC3)c2)n(C)n1. The second kappa shape index (κ2) is 13.3. The second-order valence-electron chi connectivity index (χ2n) is 7.89. The van der Waals surface area contributed by atoms with E-state index in [1.54, 1.807) is 11.6 Å². The van der Waals surface area contributed by atoms with E-state index in [-0.39, 0.29) is 5.97 Å². The van der Waals surface area contributed by atoms with Crippen molar-refractivity contribution in [1.82, 2.24) is 19.7 Å². The highest BCUT2D eigenvalue weighted by Gasteiger charge is 2.11. The number of ether oxygens (including phenoxy) is 2. The quantitative estimate of drug-likeness (QED) is 0.359. The summed E-state index contributed by atoms with van der Waals surface area (Å²) >= 11 is 1.45. The zero-order valence-corrected chi connectivity index (χ0v) is 20.0. The van der Waals surface area contributed by atoms with E-state index in [0.717, 1.165) is 31.2 Å². The number of esters is 1. The van der Waals surface area contributed by atoms with Gasteiger partial charge >= 0.3 is 5.97 Å². The molecule has 0 amide bonds. The van der Waals surface area contributed by atoms with Crippen LogP contribution in [0.5, 0.6) is 5.75 Å². The van der Waals surface area contributed by atoms with Crippen molar-refractivity contribution < 1.29 is 14.3 Å². The first-order valence-electron chi connectivity index (χ1n) is 11.5. The van der Waals surface area contributed by atoms with Gasteiger partial charge in [-0.1, -0.05) is 18.6 Å². The van der Waals surface area contributed by atoms with E-state index in [1.165, 1.54) is 49.7 Å². The summed E-state index contributed by atoms with van der Waals surface area (Å²) in [5.41, 5.74) is 1.31. The third-order valence-corrected chi connectivity index (χ3v) is 6.09. The fourth-order valence-corrected chi connectivity index (χ4v) is 4.31. The minimum absolute atomic E-state index is 0.205. The predicted octanol–water partition coefficient (Wildman–Crippen LogP) is 3.48. The van der Waals surface area contributed by atoms with E-state index < -0.39 is 0 Å². The highest BCUT2D eigenvalue weighted by molar-refractivity contribution is 7.99. The van der Waals surface area contributed by atoms with Crippen LogP contribution in [0.3, 0.4) is 0 Å². The molecule has 8 nitrogen and oxygen atoms in total. The number of thioether (sulfide) groups is 1. The Hall–Kier alpha value is -2.26. The van der Waals surface area contributed by atoms with E-state index in [2.05, 4.69) is 38.5 Å². The maximum absolute atomic E-state index is 11.4. The number of hydrogen-bond acceptors (Lipinski definition) is 8. The molecule has 1 saturated heterocycles. The Morgan fingerprint density at radius 1 is 1.25 bits per heavy atom. The number of carbonyl (C=O) groups excluding carboxylic acids is 1. The number of rotatable bonds is 13. The van der Waals surface area contributed by atoms with Crippen molar-refractivity contribution in [2.24, 2.45) is 7.05 Å². The maximum atomic E-state index is 11.4. The van der Waals surface area contributed by atoms with Gasteiger partial charge in [-0.3, -0.25) is 9.69 Å². The number of anilines is 1. The van der Waals surface area contributed by atoms with Crippen LogP contribution in [0.4, 0.5) is 5.95 Å². The molecule has 1 aromatic carbocycles. The number of nitrogens with zero attached hydrogens (tertiary/aromatic N) is 4. The molecule has 0 radical (unpaired) electrons. The summed E-state index contributed by atoms with van der Waals surface area (Å²) in [6.07, 6.45) is 4.83. The van der Waals surface area contributed by atoms with Gasteiger partial charge in [-0.15, -0.1) is 11.8 Å². The number of likely N-dealkylation sites (tertiary alicyclic amines) is 1. The van der Waals surface area contributed by atoms with Gasteiger partial charge in [-0.2, -0.15) is 10.1 Å². The lowest BCUT2D eigenvalue weighted by Gasteiger charge is -2.26. The zero-order chi connectivity index (χ0) is 22.6. The van der Waals surface area contributed by atoms with Crippen molar-refractivity contribution in [3.8, 4) is 5.75 Å². The highest BCUT2D eigenvalue weighted by atomic mass is 32.2. The van der Waals surface area contributed by atoms with E-state index in [1.807, 2.05) is 13.1 Å². The Labute approximate surface area is 195 Å². The van der Waals surface area contributed by atoms with Crippen LogP contribution >= 0.6 is 11.8 Å². The van der Waals surface area contributed by atoms with Gasteiger partial charge in [0.1, 0.15) is 5.75 Å². The number of aryl methyl sites for hydroxylation is 1. The minimum Gasteiger partial charge on any atom is -0.494 e. The molecule has 0 atom stereocenters. The molecule has 1 aromatic heterocycles. The molecule has 0 bridgehead atoms. The second-order valence-corrected chi connectivity index (χ2v) is 8.87. The van der Waals surface area contributed by atoms with Gasteiger partial charge in [0.05, 0.1) is 24.7 Å². The Morgan fingerprint density at radius 2 is 2.09 bits per heavy atom. The largest absolute Gasteiger partial charge is 0.494 e. The monoisotopic (exact) mass is 461 g/mol. The Bertz CT molecular complexity index is 839. The first-order chi connectivity index (χ1) is 15.6. The van der Waals surface area contributed by atoms with E-state index in [4.69, 9.17) is 9.47 Å². The molecule has 0 aliphatic carbocycles. The van der Waals surface area contributed by atoms with Crippen molar-refractivity contribution in [1.29, 1.82) is 0 Å². The molecule has 1 fully saturated rings. The standard InChI is InChI=1S/C23H35N5O3S/c1-3-30-22(29)18-32-17-21-25-23(27(2)26-21)24-11-8-14-31-20-10-7-9-19(15-20)16-28-12-5-4-6-13-28/h7,9-10,15H,3-6,8,11-14,16-18H2,1-2H3,(H,24,25,26). The lowest BCUT2D eigenvalue weighted by molar-refractivity contribution is -0.139. The van der Waals surface area contributed by atoms with Crippen molar-refractivity contribution in [2.45, 2.75) is 44.9 Å². The summed E-state index contributed by atoms with van der Waals surface area (Å²) in [7, 11) is 1.86. The third-order valence-electron chi connectivity index (χ3n) is 5.19. The molecule has 3 rings (SSSR count). The first kappa shape index (κ1) is 24.4. The number of aromatic nitrogens is 3. The molecule has 32 heavy (non-hydrogen) atoms. The third kappa shape index (κ3) is 8.35. The first-order valence-corrected chi connectivity index (χ1v) is 12.6. The minimum atomic E-state index is -0.205. The molecule has 0 saturated carbocycles. The van der Waals surface area contributed by atoms with E-state index in [0.29, 0.717) is 30.5 Å². The number of nitrogens with one attached hydrogen (secondary N) is 1. The summed E-state index contributed by atoms with van der Waals surface area (Å²) in [6, 6.07) is 8.44. The molecule has 2 aromatic rings. The summed E-state index contributed by atoms with van der Waals surface area (Å²) in [4.78, 5) is 18.4. The predicted molar refractivity (Wildman–Crippen MR) is 128 cm³/mol. The van der Waals surface area contributed by atoms with Crippen LogP contribution in [-0.2, 0) is 28.9 Å². The highest BCUT2D eigenvalue weighted by Crippen LogP contribution is 2.18. The molecular formula is C23H35N5O3S. The molecule has 9 heteroatoms. The summed E-state index contributed by atoms with van der Waals surface area (Å²) in [5.74, 6) is 3.03. The van der Waals surface area contributed by atoms with Gasteiger partial charge < -0.3 is 14.8 Å². The Kier molecular flexibility index (Phi) is 10.2. The molecule has 1 aliphatic heterocycles. The van der Waals surface area contributed by atoms with E-state index >= 15 is 0 Å². The molecule has 2 heterocycles. The number of carbonyl (C=O) groups is 1. The Morgan fingerprint density at radius 3 is 2.91 bits per heavy atom. The number of benzene rings is 1. The van der Waals surface area contributed by atoms with Crippen LogP contribution in [0.2, 0.25) is 0 Å². The van der Waals surface area contributed by atoms with Crippen molar-refractivity contribution in [3.05, 3.63) is 35.7 Å². The van der Waals surface area contributed by atoms with Crippen molar-refractivity contribution in [2.75, 3.05) is 43.9 Å². The van der Waals surface area contributed by atoms with Gasteiger partial charge in [0.25, 0.3) is 0 Å². The molecule has 1 aliphatic rings. The van der Waals surface area contributed by atoms with Crippen molar-refractivity contribution >= 4 is 23.7 Å². The molecule has 0 spiro atoms. The van der Waals surface area contributed by atoms with Crippen LogP contribution in [-0.4, -0.2) is 64.2 Å². The van der Waals surface area contributed by atoms with Gasteiger partial charge in [0, 0.05) is 20.1 Å². The number of piperidine rings is 1. The lowest BCUT2D eigenvalue weighted by Crippen LogP contribution is -2.29. The summed E-state index contributed by atoms with van der Waals surface area (Å²) < 4.78 is 12.6. The number of hydrogen-bond donors (Lipinski definition) is 1. The molecule has 1 N–H and O–H groups in total. The van der Waals surface area contributed by atoms with Crippen LogP contribution in [0.15, 0.2) is 24.3 Å². The topological polar surface area (TPSA) is 81.5 Å². The molecular weight excluding hydrogens is 426 g/mol. The smallest absolute Gasteiger partial charge is 0.315 e. The van der Waals surface area contributed by atoms with Crippen LogP contribution < -0.4 is 10.1 Å². The van der Waals surface area contributed by atoms with Crippen LogP contribution in [0, 0.1) is 0 Å². The average molecular weight is 462 g/mol. The molecule has 176 valence electrons. The summed E-state index contributed by atoms with van der Waals surface area (Å²) in [5, 5.41) is 7.70. The average Bonchev–Trinajstić information content (AvgIpc) is 3.14. The normalized spacial score (nSPS) is 14.3. The zero-order valence-electron chi connectivity index (χ0n) is 19.2. The fourth-order valence-electron chi connectivity index (χ4n) is 3.65. The van der Waals surface area contributed by atoms with Gasteiger partial charge in [0.2, 0.25) is 5.95 Å². The Balaban J connectivity index is 1.33. The summed E-state index contributed by atoms with van der Waals surface area (Å²) in [6.45, 7) is 7.00. The fraction of sp³-hybridized carbons (Fsp3) is 0.609. The van der Waals surface area contributed by atoms with Crippen LogP contribution in [0.25, 0.3) is 0 Å². The van der Waals surface area contributed by atoms with Gasteiger partial charge in [-0.25, -0.2) is 4.68 Å². The molecule has 0 unspecified atom stereocenters. The van der Waals surface area contributed by atoms with E-state index in [9.17, 15) is 4.79 Å². The van der Waals surface area contributed by atoms with Gasteiger partial charge in [0.15, 0.2) is 5.82 Å². The van der Waals surface area contributed by atoms with Crippen LogP contribution in [0.1, 0.15) is 44.0 Å². The maximum Gasteiger partial charge on any atom is 0.315 e. The lowest BCUT2D eigenvalue weighted by atomic mass is 10.1.